The van der Waals surface area contributed by atoms with Crippen molar-refractivity contribution in [1.82, 2.24) is 15.1 Å². The number of fused-ring (bicyclic) bond motifs is 1. The highest BCUT2D eigenvalue weighted by atomic mass is 16.2. The number of nitrogens with one attached hydrogen (secondary N) is 1. The van der Waals surface area contributed by atoms with E-state index in [0.29, 0.717) is 23.6 Å². The molecule has 0 aromatic heterocycles. The standard InChI is InChI=1S/C16H19N3O3/c1-18-7-6-11(9-18)8-17-14(20)10-19-15(21)12-4-2-3-5-13(12)16(19)22/h2-5,11H,6-10H2,1H3,(H,17,20). The second kappa shape index (κ2) is 5.88. The Kier molecular flexibility index (Phi) is 3.94. The van der Waals surface area contributed by atoms with Crippen LogP contribution in [0.3, 0.4) is 0 Å². The van der Waals surface area contributed by atoms with E-state index in [2.05, 4.69) is 17.3 Å². The van der Waals surface area contributed by atoms with Crippen LogP contribution >= 0.6 is 0 Å². The Balaban J connectivity index is 1.56. The maximum atomic E-state index is 12.2. The van der Waals surface area contributed by atoms with Crippen molar-refractivity contribution in [2.45, 2.75) is 6.42 Å². The largest absolute Gasteiger partial charge is 0.354 e. The van der Waals surface area contributed by atoms with Crippen molar-refractivity contribution in [1.29, 1.82) is 0 Å². The fraction of sp³-hybridized carbons (Fsp3) is 0.438. The van der Waals surface area contributed by atoms with Gasteiger partial charge in [-0.1, -0.05) is 12.1 Å². The van der Waals surface area contributed by atoms with Crippen LogP contribution in [0.4, 0.5) is 0 Å². The molecule has 1 atom stereocenters. The van der Waals surface area contributed by atoms with Gasteiger partial charge in [0, 0.05) is 13.1 Å². The first-order valence-electron chi connectivity index (χ1n) is 7.46. The first-order chi connectivity index (χ1) is 10.6. The van der Waals surface area contributed by atoms with Crippen LogP contribution in [0.25, 0.3) is 0 Å². The summed E-state index contributed by atoms with van der Waals surface area (Å²) in [6.45, 7) is 2.38. The Hall–Kier alpha value is -2.21. The second-order valence-corrected chi connectivity index (χ2v) is 5.96. The number of hydrogen-bond donors (Lipinski definition) is 1. The predicted molar refractivity (Wildman–Crippen MR) is 80.4 cm³/mol. The van der Waals surface area contributed by atoms with E-state index in [9.17, 15) is 14.4 Å². The summed E-state index contributed by atoms with van der Waals surface area (Å²) in [4.78, 5) is 39.6. The number of rotatable bonds is 4. The highest BCUT2D eigenvalue weighted by Gasteiger charge is 2.36. The lowest BCUT2D eigenvalue weighted by atomic mass is 10.1. The molecule has 6 nitrogen and oxygen atoms in total. The van der Waals surface area contributed by atoms with Crippen molar-refractivity contribution in [3.05, 3.63) is 35.4 Å². The molecule has 2 aliphatic rings. The molecule has 0 bridgehead atoms. The molecule has 0 saturated carbocycles. The zero-order chi connectivity index (χ0) is 15.7. The summed E-state index contributed by atoms with van der Waals surface area (Å²) in [6.07, 6.45) is 1.06. The third-order valence-corrected chi connectivity index (χ3v) is 4.26. The van der Waals surface area contributed by atoms with Crippen LogP contribution in [0.2, 0.25) is 0 Å². The average molecular weight is 301 g/mol. The fourth-order valence-corrected chi connectivity index (χ4v) is 3.03. The first-order valence-corrected chi connectivity index (χ1v) is 7.46. The Morgan fingerprint density at radius 1 is 1.23 bits per heavy atom. The molecule has 3 rings (SSSR count). The van der Waals surface area contributed by atoms with Gasteiger partial charge >= 0.3 is 0 Å². The predicted octanol–water partition coefficient (Wildman–Crippen LogP) is 0.351. The topological polar surface area (TPSA) is 69.7 Å². The number of carbonyl (C=O) groups is 3. The Morgan fingerprint density at radius 2 is 1.86 bits per heavy atom. The number of likely N-dealkylation sites (tertiary alicyclic amines) is 1. The number of hydrogen-bond acceptors (Lipinski definition) is 4. The van der Waals surface area contributed by atoms with Crippen molar-refractivity contribution in [3.63, 3.8) is 0 Å². The number of amides is 3. The molecule has 2 aliphatic heterocycles. The summed E-state index contributed by atoms with van der Waals surface area (Å²) < 4.78 is 0. The van der Waals surface area contributed by atoms with E-state index in [1.165, 1.54) is 0 Å². The average Bonchev–Trinajstić information content (AvgIpc) is 3.03. The maximum absolute atomic E-state index is 12.2. The molecule has 1 fully saturated rings. The van der Waals surface area contributed by atoms with Crippen LogP contribution in [0, 0.1) is 5.92 Å². The monoisotopic (exact) mass is 301 g/mol. The van der Waals surface area contributed by atoms with E-state index in [1.54, 1.807) is 24.3 Å². The van der Waals surface area contributed by atoms with E-state index < -0.39 is 11.8 Å². The Morgan fingerprint density at radius 3 is 2.41 bits per heavy atom. The molecule has 0 aliphatic carbocycles. The number of nitrogens with zero attached hydrogens (tertiary/aromatic N) is 2. The third-order valence-electron chi connectivity index (χ3n) is 4.26. The van der Waals surface area contributed by atoms with Crippen LogP contribution in [0.15, 0.2) is 24.3 Å². The van der Waals surface area contributed by atoms with E-state index in [4.69, 9.17) is 0 Å². The van der Waals surface area contributed by atoms with Crippen LogP contribution in [-0.2, 0) is 4.79 Å². The SMILES string of the molecule is CN1CCC(CNC(=O)CN2C(=O)c3ccccc3C2=O)C1. The van der Waals surface area contributed by atoms with Gasteiger partial charge in [0.1, 0.15) is 6.54 Å². The molecule has 1 aromatic carbocycles. The highest BCUT2D eigenvalue weighted by molar-refractivity contribution is 6.22. The van der Waals surface area contributed by atoms with Crippen molar-refractivity contribution < 1.29 is 14.4 Å². The lowest BCUT2D eigenvalue weighted by molar-refractivity contribution is -0.121. The minimum Gasteiger partial charge on any atom is -0.354 e. The van der Waals surface area contributed by atoms with Gasteiger partial charge in [-0.05, 0) is 38.1 Å². The fourth-order valence-electron chi connectivity index (χ4n) is 3.03. The molecule has 1 unspecified atom stereocenters. The summed E-state index contributed by atoms with van der Waals surface area (Å²) in [5.41, 5.74) is 0.746. The van der Waals surface area contributed by atoms with Crippen LogP contribution in [0.1, 0.15) is 27.1 Å². The molecule has 0 radical (unpaired) electrons. The van der Waals surface area contributed by atoms with Crippen molar-refractivity contribution in [2.75, 3.05) is 33.2 Å². The van der Waals surface area contributed by atoms with Crippen LogP contribution in [0.5, 0.6) is 0 Å². The van der Waals surface area contributed by atoms with E-state index in [-0.39, 0.29) is 12.5 Å². The van der Waals surface area contributed by atoms with Gasteiger partial charge in [-0.25, -0.2) is 0 Å². The van der Waals surface area contributed by atoms with E-state index in [1.807, 2.05) is 0 Å². The quantitative estimate of drug-likeness (QED) is 0.815. The van der Waals surface area contributed by atoms with Gasteiger partial charge in [-0.2, -0.15) is 0 Å². The van der Waals surface area contributed by atoms with Crippen molar-refractivity contribution in [2.24, 2.45) is 5.92 Å². The zero-order valence-corrected chi connectivity index (χ0v) is 12.5. The van der Waals surface area contributed by atoms with Gasteiger partial charge in [-0.3, -0.25) is 19.3 Å². The summed E-state index contributed by atoms with van der Waals surface area (Å²) in [7, 11) is 2.06. The molecule has 2 heterocycles. The van der Waals surface area contributed by atoms with Crippen LogP contribution < -0.4 is 5.32 Å². The minimum absolute atomic E-state index is 0.213. The van der Waals surface area contributed by atoms with Crippen molar-refractivity contribution >= 4 is 17.7 Å². The molecular weight excluding hydrogens is 282 g/mol. The van der Waals surface area contributed by atoms with E-state index in [0.717, 1.165) is 24.4 Å². The molecule has 3 amide bonds. The maximum Gasteiger partial charge on any atom is 0.262 e. The van der Waals surface area contributed by atoms with Gasteiger partial charge in [-0.15, -0.1) is 0 Å². The third kappa shape index (κ3) is 2.74. The molecular formula is C16H19N3O3. The number of carbonyl (C=O) groups excluding carboxylic acids is 3. The first kappa shape index (κ1) is 14.7. The van der Waals surface area contributed by atoms with Gasteiger partial charge in [0.05, 0.1) is 11.1 Å². The highest BCUT2D eigenvalue weighted by Crippen LogP contribution is 2.22. The minimum atomic E-state index is -0.392. The smallest absolute Gasteiger partial charge is 0.262 e. The Bertz CT molecular complexity index is 594. The molecule has 6 heteroatoms. The summed E-state index contributed by atoms with van der Waals surface area (Å²) in [5, 5.41) is 2.83. The van der Waals surface area contributed by atoms with Crippen LogP contribution in [-0.4, -0.2) is 60.7 Å². The van der Waals surface area contributed by atoms with Gasteiger partial charge in [0.15, 0.2) is 0 Å². The van der Waals surface area contributed by atoms with Gasteiger partial charge in [0.2, 0.25) is 5.91 Å². The second-order valence-electron chi connectivity index (χ2n) is 5.96. The van der Waals surface area contributed by atoms with Gasteiger partial charge < -0.3 is 10.2 Å². The molecule has 116 valence electrons. The van der Waals surface area contributed by atoms with Gasteiger partial charge in [0.25, 0.3) is 11.8 Å². The van der Waals surface area contributed by atoms with Crippen molar-refractivity contribution in [3.8, 4) is 0 Å². The molecule has 0 spiro atoms. The molecule has 1 aromatic rings. The lowest BCUT2D eigenvalue weighted by Crippen LogP contribution is -2.41. The summed E-state index contributed by atoms with van der Waals surface area (Å²) in [6, 6.07) is 6.65. The lowest BCUT2D eigenvalue weighted by Gasteiger charge is -2.15. The molecule has 1 saturated heterocycles. The normalized spacial score (nSPS) is 21.3. The Labute approximate surface area is 129 Å². The zero-order valence-electron chi connectivity index (χ0n) is 12.5. The summed E-state index contributed by atoms with van der Waals surface area (Å²) >= 11 is 0. The molecule has 1 N–H and O–H groups in total. The number of imide groups is 1. The molecule has 22 heavy (non-hydrogen) atoms. The number of benzene rings is 1. The summed E-state index contributed by atoms with van der Waals surface area (Å²) in [5.74, 6) is -0.632. The van der Waals surface area contributed by atoms with E-state index >= 15 is 0 Å².